The molecule has 1 aromatic carbocycles. The van der Waals surface area contributed by atoms with Gasteiger partial charge in [-0.1, -0.05) is 12.1 Å². The zero-order valence-electron chi connectivity index (χ0n) is 15.8. The summed E-state index contributed by atoms with van der Waals surface area (Å²) in [5.74, 6) is 0.206. The molecule has 6 heteroatoms. The summed E-state index contributed by atoms with van der Waals surface area (Å²) in [5.41, 5.74) is 2.78. The summed E-state index contributed by atoms with van der Waals surface area (Å²) in [4.78, 5) is 24.5. The third-order valence-electron chi connectivity index (χ3n) is 4.46. The second-order valence-electron chi connectivity index (χ2n) is 7.77. The van der Waals surface area contributed by atoms with Crippen LogP contribution in [0.15, 0.2) is 30.3 Å². The van der Waals surface area contributed by atoms with Crippen molar-refractivity contribution in [3.05, 3.63) is 52.8 Å². The van der Waals surface area contributed by atoms with Gasteiger partial charge in [-0.15, -0.1) is 0 Å². The highest BCUT2D eigenvalue weighted by molar-refractivity contribution is 5.94. The predicted molar refractivity (Wildman–Crippen MR) is 100 cm³/mol. The Morgan fingerprint density at radius 1 is 1.19 bits per heavy atom. The first-order valence-electron chi connectivity index (χ1n) is 8.99. The first-order valence-corrected chi connectivity index (χ1v) is 8.99. The molecule has 1 saturated carbocycles. The van der Waals surface area contributed by atoms with E-state index < -0.39 is 0 Å². The number of carbonyl (C=O) groups is 2. The highest BCUT2D eigenvalue weighted by Gasteiger charge is 2.31. The van der Waals surface area contributed by atoms with Gasteiger partial charge in [-0.05, 0) is 57.4 Å². The Kier molecular flexibility index (Phi) is 4.85. The van der Waals surface area contributed by atoms with Crippen LogP contribution >= 0.6 is 0 Å². The number of hydrogen-bond acceptors (Lipinski definition) is 3. The van der Waals surface area contributed by atoms with Gasteiger partial charge in [0.1, 0.15) is 5.69 Å². The molecule has 1 aromatic heterocycles. The van der Waals surface area contributed by atoms with E-state index in [1.165, 1.54) is 0 Å². The minimum atomic E-state index is -0.265. The lowest BCUT2D eigenvalue weighted by Crippen LogP contribution is -2.32. The highest BCUT2D eigenvalue weighted by atomic mass is 16.2. The Balaban J connectivity index is 1.75. The molecule has 2 amide bonds. The van der Waals surface area contributed by atoms with Crippen molar-refractivity contribution >= 4 is 11.8 Å². The molecule has 0 radical (unpaired) electrons. The van der Waals surface area contributed by atoms with Crippen LogP contribution in [0.3, 0.4) is 0 Å². The molecule has 2 N–H and O–H groups in total. The van der Waals surface area contributed by atoms with Gasteiger partial charge in [0.2, 0.25) is 0 Å². The summed E-state index contributed by atoms with van der Waals surface area (Å²) >= 11 is 0. The Bertz CT molecular complexity index is 829. The van der Waals surface area contributed by atoms with Crippen LogP contribution in [0, 0.1) is 0 Å². The number of rotatable bonds is 5. The van der Waals surface area contributed by atoms with Crippen LogP contribution in [0.25, 0.3) is 0 Å². The van der Waals surface area contributed by atoms with Gasteiger partial charge in [-0.25, -0.2) is 0 Å². The van der Waals surface area contributed by atoms with Crippen molar-refractivity contribution in [1.29, 1.82) is 0 Å². The molecular formula is C20H26N4O2. The number of carbonyl (C=O) groups excluding carboxylic acids is 2. The van der Waals surface area contributed by atoms with Crippen LogP contribution in [-0.4, -0.2) is 28.6 Å². The van der Waals surface area contributed by atoms with Crippen molar-refractivity contribution in [2.45, 2.75) is 51.6 Å². The molecule has 3 rings (SSSR count). The van der Waals surface area contributed by atoms with Crippen molar-refractivity contribution in [3.8, 4) is 0 Å². The van der Waals surface area contributed by atoms with Crippen LogP contribution in [-0.2, 0) is 12.1 Å². The molecule has 0 atom stereocenters. The Labute approximate surface area is 154 Å². The smallest absolute Gasteiger partial charge is 0.269 e. The maximum atomic E-state index is 12.8. The van der Waals surface area contributed by atoms with E-state index in [2.05, 4.69) is 15.7 Å². The van der Waals surface area contributed by atoms with E-state index in [9.17, 15) is 9.59 Å². The van der Waals surface area contributed by atoms with Crippen molar-refractivity contribution in [2.24, 2.45) is 0 Å². The fourth-order valence-electron chi connectivity index (χ4n) is 2.89. The second-order valence-corrected chi connectivity index (χ2v) is 7.77. The second kappa shape index (κ2) is 6.94. The molecule has 0 bridgehead atoms. The van der Waals surface area contributed by atoms with Gasteiger partial charge >= 0.3 is 0 Å². The van der Waals surface area contributed by atoms with Crippen LogP contribution in [0.2, 0.25) is 0 Å². The molecule has 6 nitrogen and oxygen atoms in total. The van der Waals surface area contributed by atoms with E-state index in [4.69, 9.17) is 0 Å². The molecule has 0 saturated heterocycles. The van der Waals surface area contributed by atoms with Gasteiger partial charge in [0.25, 0.3) is 11.8 Å². The van der Waals surface area contributed by atoms with Gasteiger partial charge < -0.3 is 10.6 Å². The Morgan fingerprint density at radius 3 is 2.54 bits per heavy atom. The van der Waals surface area contributed by atoms with Crippen molar-refractivity contribution in [3.63, 3.8) is 0 Å². The molecular weight excluding hydrogens is 328 g/mol. The molecule has 1 aliphatic carbocycles. The maximum absolute atomic E-state index is 12.8. The van der Waals surface area contributed by atoms with Crippen molar-refractivity contribution in [2.75, 3.05) is 7.05 Å². The maximum Gasteiger partial charge on any atom is 0.269 e. The van der Waals surface area contributed by atoms with Gasteiger partial charge in [-0.2, -0.15) is 5.10 Å². The molecule has 1 aliphatic rings. The number of amides is 2. The number of nitrogens with zero attached hydrogens (tertiary/aromatic N) is 2. The van der Waals surface area contributed by atoms with E-state index in [0.29, 0.717) is 23.7 Å². The topological polar surface area (TPSA) is 76.0 Å². The van der Waals surface area contributed by atoms with E-state index in [0.717, 1.165) is 24.1 Å². The normalized spacial score (nSPS) is 14.2. The van der Waals surface area contributed by atoms with Crippen LogP contribution in [0.5, 0.6) is 0 Å². The monoisotopic (exact) mass is 354 g/mol. The summed E-state index contributed by atoms with van der Waals surface area (Å²) in [7, 11) is 1.60. The first kappa shape index (κ1) is 18.2. The average molecular weight is 354 g/mol. The van der Waals surface area contributed by atoms with Gasteiger partial charge in [0, 0.05) is 25.1 Å². The number of nitrogens with one attached hydrogen (secondary N) is 2. The Hall–Kier alpha value is -2.63. The molecule has 1 fully saturated rings. The summed E-state index contributed by atoms with van der Waals surface area (Å²) in [6.45, 7) is 6.48. The largest absolute Gasteiger partial charge is 0.355 e. The lowest BCUT2D eigenvalue weighted by molar-refractivity contribution is 0.0931. The first-order chi connectivity index (χ1) is 12.3. The van der Waals surface area contributed by atoms with Crippen LogP contribution in [0.1, 0.15) is 71.6 Å². The molecule has 0 aliphatic heterocycles. The summed E-state index contributed by atoms with van der Waals surface area (Å²) in [5, 5.41) is 10.2. The number of hydrogen-bond donors (Lipinski definition) is 2. The van der Waals surface area contributed by atoms with Crippen molar-refractivity contribution in [1.82, 2.24) is 20.4 Å². The van der Waals surface area contributed by atoms with Crippen LogP contribution in [0.4, 0.5) is 0 Å². The van der Waals surface area contributed by atoms with Gasteiger partial charge in [0.15, 0.2) is 0 Å². The van der Waals surface area contributed by atoms with Crippen LogP contribution < -0.4 is 10.6 Å². The SMILES string of the molecule is CNC(=O)c1cccc(CNC(=O)c2cc(C3CC3)nn2C(C)(C)C)c1. The van der Waals surface area contributed by atoms with E-state index >= 15 is 0 Å². The lowest BCUT2D eigenvalue weighted by Gasteiger charge is -2.22. The summed E-state index contributed by atoms with van der Waals surface area (Å²) in [6, 6.07) is 9.16. The van der Waals surface area contributed by atoms with E-state index in [-0.39, 0.29) is 17.4 Å². The highest BCUT2D eigenvalue weighted by Crippen LogP contribution is 2.40. The zero-order valence-corrected chi connectivity index (χ0v) is 15.8. The molecule has 1 heterocycles. The van der Waals surface area contributed by atoms with Gasteiger partial charge in [0.05, 0.1) is 11.2 Å². The van der Waals surface area contributed by atoms with Gasteiger partial charge in [-0.3, -0.25) is 14.3 Å². The molecule has 0 spiro atoms. The minimum Gasteiger partial charge on any atom is -0.355 e. The standard InChI is InChI=1S/C20H26N4O2/c1-20(2,3)24-17(11-16(23-24)14-8-9-14)19(26)22-12-13-6-5-7-15(10-13)18(25)21-4/h5-7,10-11,14H,8-9,12H2,1-4H3,(H,21,25)(H,22,26). The fourth-order valence-corrected chi connectivity index (χ4v) is 2.89. The minimum absolute atomic E-state index is 0.141. The molecule has 0 unspecified atom stereocenters. The van der Waals surface area contributed by atoms with E-state index in [1.807, 2.05) is 43.7 Å². The molecule has 2 aromatic rings. The van der Waals surface area contributed by atoms with E-state index in [1.54, 1.807) is 19.2 Å². The third kappa shape index (κ3) is 3.95. The lowest BCUT2D eigenvalue weighted by atomic mass is 10.1. The Morgan fingerprint density at radius 2 is 1.92 bits per heavy atom. The zero-order chi connectivity index (χ0) is 18.9. The number of aromatic nitrogens is 2. The number of benzene rings is 1. The predicted octanol–water partition coefficient (Wildman–Crippen LogP) is 2.81. The third-order valence-corrected chi connectivity index (χ3v) is 4.46. The average Bonchev–Trinajstić information content (AvgIpc) is 3.36. The summed E-state index contributed by atoms with van der Waals surface area (Å²) in [6.07, 6.45) is 2.29. The van der Waals surface area contributed by atoms with Crippen molar-refractivity contribution < 1.29 is 9.59 Å². The quantitative estimate of drug-likeness (QED) is 0.867. The fraction of sp³-hybridized carbons (Fsp3) is 0.450. The molecule has 138 valence electrons. The molecule has 26 heavy (non-hydrogen) atoms. The summed E-state index contributed by atoms with van der Waals surface area (Å²) < 4.78 is 1.82.